The number of alkyl carbamates (subject to hydrolysis) is 1. The van der Waals surface area contributed by atoms with Gasteiger partial charge in [-0.05, 0) is 25.8 Å². The number of amides is 2. The summed E-state index contributed by atoms with van der Waals surface area (Å²) in [5.74, 6) is -0.131. The van der Waals surface area contributed by atoms with E-state index < -0.39 is 11.7 Å². The fourth-order valence-corrected chi connectivity index (χ4v) is 2.86. The monoisotopic (exact) mass is 291 g/mol. The van der Waals surface area contributed by atoms with Gasteiger partial charge in [0, 0.05) is 12.2 Å². The Bertz CT molecular complexity index is 585. The second kappa shape index (κ2) is 4.87. The standard InChI is InChI=1S/C13H17N5O3/c1-8-5-9(17-11(14)16-8)10(19)18-4-2-3-13(7-18)6-15-12(20)21-13/h5H,2-4,6-7H2,1H3,(H,15,20)(H2,14,16,17)/t13-/m1/s1. The zero-order valence-corrected chi connectivity index (χ0v) is 11.8. The first-order valence-corrected chi connectivity index (χ1v) is 6.85. The topological polar surface area (TPSA) is 110 Å². The molecule has 0 radical (unpaired) electrons. The fraction of sp³-hybridized carbons (Fsp3) is 0.538. The van der Waals surface area contributed by atoms with E-state index >= 15 is 0 Å². The van der Waals surface area contributed by atoms with Crippen LogP contribution >= 0.6 is 0 Å². The van der Waals surface area contributed by atoms with Crippen molar-refractivity contribution >= 4 is 17.9 Å². The number of nitrogens with zero attached hydrogens (tertiary/aromatic N) is 3. The van der Waals surface area contributed by atoms with Crippen molar-refractivity contribution in [3.63, 3.8) is 0 Å². The van der Waals surface area contributed by atoms with Crippen LogP contribution in [0.25, 0.3) is 0 Å². The molecule has 2 amide bonds. The van der Waals surface area contributed by atoms with Gasteiger partial charge in [0.25, 0.3) is 5.91 Å². The SMILES string of the molecule is Cc1cc(C(=O)N2CCC[C@@]3(CNC(=O)O3)C2)nc(N)n1. The Hall–Kier alpha value is -2.38. The van der Waals surface area contributed by atoms with Gasteiger partial charge in [0.2, 0.25) is 5.95 Å². The number of carbonyl (C=O) groups is 2. The highest BCUT2D eigenvalue weighted by atomic mass is 16.6. The van der Waals surface area contributed by atoms with Crippen LogP contribution in [0.15, 0.2) is 6.07 Å². The predicted molar refractivity (Wildman–Crippen MR) is 73.5 cm³/mol. The Kier molecular flexibility index (Phi) is 3.15. The number of aryl methyl sites for hydroxylation is 1. The molecule has 1 aromatic heterocycles. The lowest BCUT2D eigenvalue weighted by atomic mass is 9.93. The van der Waals surface area contributed by atoms with Gasteiger partial charge in [0.1, 0.15) is 11.3 Å². The second-order valence-corrected chi connectivity index (χ2v) is 5.51. The number of hydrogen-bond acceptors (Lipinski definition) is 6. The predicted octanol–water partition coefficient (Wildman–Crippen LogP) is 0.0818. The van der Waals surface area contributed by atoms with Crippen LogP contribution in [0.5, 0.6) is 0 Å². The zero-order chi connectivity index (χ0) is 15.0. The molecule has 112 valence electrons. The van der Waals surface area contributed by atoms with Crippen molar-refractivity contribution in [1.29, 1.82) is 0 Å². The quantitative estimate of drug-likeness (QED) is 0.758. The number of anilines is 1. The van der Waals surface area contributed by atoms with Crippen LogP contribution < -0.4 is 11.1 Å². The molecule has 3 heterocycles. The molecule has 8 nitrogen and oxygen atoms in total. The minimum atomic E-state index is -0.612. The number of nitrogens with one attached hydrogen (secondary N) is 1. The van der Waals surface area contributed by atoms with Gasteiger partial charge < -0.3 is 20.7 Å². The van der Waals surface area contributed by atoms with Gasteiger partial charge >= 0.3 is 6.09 Å². The van der Waals surface area contributed by atoms with Crippen molar-refractivity contribution in [2.24, 2.45) is 0 Å². The lowest BCUT2D eigenvalue weighted by Gasteiger charge is -2.38. The molecule has 8 heteroatoms. The fourth-order valence-electron chi connectivity index (χ4n) is 2.86. The average Bonchev–Trinajstić information content (AvgIpc) is 2.77. The van der Waals surface area contributed by atoms with Crippen LogP contribution in [-0.2, 0) is 4.74 Å². The molecule has 0 aliphatic carbocycles. The highest BCUT2D eigenvalue weighted by Crippen LogP contribution is 2.28. The van der Waals surface area contributed by atoms with Crippen LogP contribution in [-0.4, -0.2) is 52.1 Å². The molecule has 2 aliphatic rings. The number of likely N-dealkylation sites (tertiary alicyclic amines) is 1. The van der Waals surface area contributed by atoms with Crippen molar-refractivity contribution in [1.82, 2.24) is 20.2 Å². The number of carbonyl (C=O) groups excluding carboxylic acids is 2. The summed E-state index contributed by atoms with van der Waals surface area (Å²) < 4.78 is 5.35. The molecule has 0 bridgehead atoms. The van der Waals surface area contributed by atoms with Gasteiger partial charge in [-0.3, -0.25) is 4.79 Å². The third-order valence-electron chi connectivity index (χ3n) is 3.78. The van der Waals surface area contributed by atoms with Crippen LogP contribution in [0, 0.1) is 6.92 Å². The average molecular weight is 291 g/mol. The van der Waals surface area contributed by atoms with Crippen molar-refractivity contribution in [3.8, 4) is 0 Å². The maximum Gasteiger partial charge on any atom is 0.407 e. The molecular weight excluding hydrogens is 274 g/mol. The lowest BCUT2D eigenvalue weighted by Crippen LogP contribution is -2.52. The van der Waals surface area contributed by atoms with Crippen LogP contribution in [0.2, 0.25) is 0 Å². The summed E-state index contributed by atoms with van der Waals surface area (Å²) in [7, 11) is 0. The van der Waals surface area contributed by atoms with E-state index in [4.69, 9.17) is 10.5 Å². The number of ether oxygens (including phenoxy) is 1. The molecule has 0 unspecified atom stereocenters. The minimum absolute atomic E-state index is 0.0824. The summed E-state index contributed by atoms with van der Waals surface area (Å²) >= 11 is 0. The molecule has 1 atom stereocenters. The first kappa shape index (κ1) is 13.6. The maximum atomic E-state index is 12.5. The number of rotatable bonds is 1. The maximum absolute atomic E-state index is 12.5. The van der Waals surface area contributed by atoms with E-state index in [1.165, 1.54) is 0 Å². The molecule has 2 aliphatic heterocycles. The molecule has 3 rings (SSSR count). The first-order valence-electron chi connectivity index (χ1n) is 6.85. The molecular formula is C13H17N5O3. The zero-order valence-electron chi connectivity index (χ0n) is 11.8. The summed E-state index contributed by atoms with van der Waals surface area (Å²) in [6.45, 7) is 3.17. The van der Waals surface area contributed by atoms with Crippen molar-refractivity contribution < 1.29 is 14.3 Å². The van der Waals surface area contributed by atoms with Crippen molar-refractivity contribution in [2.75, 3.05) is 25.4 Å². The van der Waals surface area contributed by atoms with Crippen molar-refractivity contribution in [2.45, 2.75) is 25.4 Å². The van der Waals surface area contributed by atoms with Gasteiger partial charge in [-0.25, -0.2) is 14.8 Å². The first-order chi connectivity index (χ1) is 9.97. The smallest absolute Gasteiger partial charge is 0.407 e. The summed E-state index contributed by atoms with van der Waals surface area (Å²) in [5, 5.41) is 2.65. The number of hydrogen-bond donors (Lipinski definition) is 2. The largest absolute Gasteiger partial charge is 0.439 e. The molecule has 2 fully saturated rings. The van der Waals surface area contributed by atoms with Crippen LogP contribution in [0.3, 0.4) is 0 Å². The van der Waals surface area contributed by atoms with Gasteiger partial charge in [-0.1, -0.05) is 0 Å². The molecule has 1 spiro atoms. The third kappa shape index (κ3) is 2.61. The van der Waals surface area contributed by atoms with E-state index in [1.807, 2.05) is 0 Å². The van der Waals surface area contributed by atoms with Gasteiger partial charge in [0.15, 0.2) is 0 Å². The number of piperidine rings is 1. The van der Waals surface area contributed by atoms with Crippen LogP contribution in [0.1, 0.15) is 29.0 Å². The molecule has 2 saturated heterocycles. The molecule has 3 N–H and O–H groups in total. The summed E-state index contributed by atoms with van der Waals surface area (Å²) in [6, 6.07) is 1.61. The van der Waals surface area contributed by atoms with Gasteiger partial charge in [-0.15, -0.1) is 0 Å². The summed E-state index contributed by atoms with van der Waals surface area (Å²) in [6.07, 6.45) is 1.10. The third-order valence-corrected chi connectivity index (χ3v) is 3.78. The van der Waals surface area contributed by atoms with E-state index in [9.17, 15) is 9.59 Å². The lowest BCUT2D eigenvalue weighted by molar-refractivity contribution is -0.00523. The Morgan fingerprint density at radius 3 is 3.00 bits per heavy atom. The Labute approximate surface area is 121 Å². The minimum Gasteiger partial charge on any atom is -0.439 e. The summed E-state index contributed by atoms with van der Waals surface area (Å²) in [4.78, 5) is 33.4. The highest BCUT2D eigenvalue weighted by Gasteiger charge is 2.45. The van der Waals surface area contributed by atoms with E-state index in [0.29, 0.717) is 25.3 Å². The summed E-state index contributed by atoms with van der Waals surface area (Å²) in [5.41, 5.74) is 5.89. The van der Waals surface area contributed by atoms with Crippen molar-refractivity contribution in [3.05, 3.63) is 17.5 Å². The Morgan fingerprint density at radius 1 is 1.52 bits per heavy atom. The van der Waals surface area contributed by atoms with E-state index in [2.05, 4.69) is 15.3 Å². The van der Waals surface area contributed by atoms with E-state index in [0.717, 1.165) is 12.8 Å². The van der Waals surface area contributed by atoms with Gasteiger partial charge in [0.05, 0.1) is 13.1 Å². The van der Waals surface area contributed by atoms with E-state index in [-0.39, 0.29) is 17.5 Å². The number of nitrogen functional groups attached to an aromatic ring is 1. The normalized spacial score (nSPS) is 24.8. The number of nitrogens with two attached hydrogens (primary N) is 1. The second-order valence-electron chi connectivity index (χ2n) is 5.51. The number of aromatic nitrogens is 2. The van der Waals surface area contributed by atoms with Gasteiger partial charge in [-0.2, -0.15) is 0 Å². The Morgan fingerprint density at radius 2 is 2.33 bits per heavy atom. The molecule has 0 aromatic carbocycles. The molecule has 1 aromatic rings. The highest BCUT2D eigenvalue weighted by molar-refractivity contribution is 5.92. The molecule has 0 saturated carbocycles. The Balaban J connectivity index is 1.79. The molecule has 21 heavy (non-hydrogen) atoms. The van der Waals surface area contributed by atoms with Crippen LogP contribution in [0.4, 0.5) is 10.7 Å². The van der Waals surface area contributed by atoms with E-state index in [1.54, 1.807) is 17.9 Å².